The largest absolute Gasteiger partial charge is 0.479 e. The van der Waals surface area contributed by atoms with Crippen LogP contribution in [0.2, 0.25) is 0 Å². The van der Waals surface area contributed by atoms with Crippen LogP contribution in [0.4, 0.5) is 4.79 Å². The molecule has 3 atom stereocenters. The second kappa shape index (κ2) is 3.64. The highest BCUT2D eigenvalue weighted by molar-refractivity contribution is 5.88. The molecule has 0 spiro atoms. The van der Waals surface area contributed by atoms with E-state index in [2.05, 4.69) is 5.32 Å². The molecule has 16 heavy (non-hydrogen) atoms. The zero-order chi connectivity index (χ0) is 12.7. The normalized spacial score (nSPS) is 33.1. The second-order valence-electron chi connectivity index (χ2n) is 5.38. The summed E-state index contributed by atoms with van der Waals surface area (Å²) in [6.45, 7) is 8.81. The molecular formula is C11H19NO4. The smallest absolute Gasteiger partial charge is 0.408 e. The fourth-order valence-corrected chi connectivity index (χ4v) is 1.92. The average Bonchev–Trinajstić information content (AvgIpc) is 2.54. The van der Waals surface area contributed by atoms with Gasteiger partial charge in [-0.25, -0.2) is 9.59 Å². The van der Waals surface area contributed by atoms with Crippen LogP contribution < -0.4 is 5.32 Å². The highest BCUT2D eigenvalue weighted by Crippen LogP contribution is 2.50. The molecule has 1 aliphatic rings. The fourth-order valence-electron chi connectivity index (χ4n) is 1.92. The number of carboxylic acids is 1. The molecule has 5 nitrogen and oxygen atoms in total. The standard InChI is InChI=1S/C11H19NO4/c1-6-7(2)11(6,8(13)14)12-9(15)16-10(3,4)5/h6-7H,1-5H3,(H,12,15)(H,13,14)/t6-,7?,11?/m1/s1. The van der Waals surface area contributed by atoms with E-state index in [1.54, 1.807) is 34.6 Å². The van der Waals surface area contributed by atoms with E-state index in [9.17, 15) is 9.59 Å². The summed E-state index contributed by atoms with van der Waals surface area (Å²) in [5.74, 6) is -1.15. The van der Waals surface area contributed by atoms with E-state index in [0.717, 1.165) is 0 Å². The number of carbonyl (C=O) groups excluding carboxylic acids is 1. The molecular weight excluding hydrogens is 210 g/mol. The summed E-state index contributed by atoms with van der Waals surface area (Å²) < 4.78 is 5.05. The lowest BCUT2D eigenvalue weighted by molar-refractivity contribution is -0.141. The Morgan fingerprint density at radius 2 is 1.69 bits per heavy atom. The maximum Gasteiger partial charge on any atom is 0.408 e. The van der Waals surface area contributed by atoms with Crippen LogP contribution in [0.15, 0.2) is 0 Å². The lowest BCUT2D eigenvalue weighted by atomic mass is 10.2. The zero-order valence-corrected chi connectivity index (χ0v) is 10.3. The minimum absolute atomic E-state index is 0.0717. The molecule has 0 saturated heterocycles. The number of hydrogen-bond donors (Lipinski definition) is 2. The Kier molecular flexibility index (Phi) is 2.92. The number of ether oxygens (including phenoxy) is 1. The molecule has 2 unspecified atom stereocenters. The second-order valence-corrected chi connectivity index (χ2v) is 5.38. The van der Waals surface area contributed by atoms with Crippen LogP contribution in [0, 0.1) is 11.8 Å². The maximum atomic E-state index is 11.5. The molecule has 1 rings (SSSR count). The van der Waals surface area contributed by atoms with Gasteiger partial charge in [-0.05, 0) is 32.6 Å². The summed E-state index contributed by atoms with van der Waals surface area (Å²) in [5.41, 5.74) is -1.77. The molecule has 5 heteroatoms. The van der Waals surface area contributed by atoms with Crippen LogP contribution in [-0.4, -0.2) is 28.3 Å². The Morgan fingerprint density at radius 3 is 1.94 bits per heavy atom. The van der Waals surface area contributed by atoms with Crippen molar-refractivity contribution in [2.45, 2.75) is 45.8 Å². The molecule has 92 valence electrons. The van der Waals surface area contributed by atoms with Gasteiger partial charge in [0, 0.05) is 0 Å². The first-order valence-corrected chi connectivity index (χ1v) is 5.36. The van der Waals surface area contributed by atoms with Gasteiger partial charge in [0.2, 0.25) is 0 Å². The molecule has 1 fully saturated rings. The summed E-state index contributed by atoms with van der Waals surface area (Å²) in [5, 5.41) is 11.6. The molecule has 0 aliphatic heterocycles. The third-order valence-corrected chi connectivity index (χ3v) is 3.14. The molecule has 0 aromatic carbocycles. The van der Waals surface area contributed by atoms with E-state index in [1.165, 1.54) is 0 Å². The first-order valence-electron chi connectivity index (χ1n) is 5.36. The van der Waals surface area contributed by atoms with Crippen molar-refractivity contribution in [1.29, 1.82) is 0 Å². The molecule has 1 aliphatic carbocycles. The molecule has 0 heterocycles. The van der Waals surface area contributed by atoms with E-state index in [4.69, 9.17) is 9.84 Å². The molecule has 2 N–H and O–H groups in total. The SMILES string of the molecule is CC1[C@@H](C)C1(NC(=O)OC(C)(C)C)C(=O)O. The topological polar surface area (TPSA) is 75.6 Å². The van der Waals surface area contributed by atoms with Gasteiger partial charge in [-0.15, -0.1) is 0 Å². The van der Waals surface area contributed by atoms with Crippen molar-refractivity contribution in [2.24, 2.45) is 11.8 Å². The van der Waals surface area contributed by atoms with Gasteiger partial charge < -0.3 is 15.2 Å². The van der Waals surface area contributed by atoms with E-state index >= 15 is 0 Å². The van der Waals surface area contributed by atoms with Crippen LogP contribution in [-0.2, 0) is 9.53 Å². The highest BCUT2D eigenvalue weighted by Gasteiger charge is 2.66. The number of aliphatic carboxylic acids is 1. The van der Waals surface area contributed by atoms with Crippen molar-refractivity contribution in [3.63, 3.8) is 0 Å². The predicted molar refractivity (Wildman–Crippen MR) is 58.1 cm³/mol. The van der Waals surface area contributed by atoms with Crippen LogP contribution in [0.1, 0.15) is 34.6 Å². The van der Waals surface area contributed by atoms with Gasteiger partial charge in [0.15, 0.2) is 0 Å². The Hall–Kier alpha value is -1.26. The Balaban J connectivity index is 2.67. The first kappa shape index (κ1) is 12.8. The fraction of sp³-hybridized carbons (Fsp3) is 0.818. The lowest BCUT2D eigenvalue weighted by Crippen LogP contribution is -2.47. The third kappa shape index (κ3) is 2.13. The number of nitrogens with one attached hydrogen (secondary N) is 1. The van der Waals surface area contributed by atoms with Crippen molar-refractivity contribution >= 4 is 12.1 Å². The van der Waals surface area contributed by atoms with Gasteiger partial charge in [-0.2, -0.15) is 0 Å². The number of carbonyl (C=O) groups is 2. The first-order chi connectivity index (χ1) is 7.11. The quantitative estimate of drug-likeness (QED) is 0.754. The lowest BCUT2D eigenvalue weighted by Gasteiger charge is -2.22. The monoisotopic (exact) mass is 229 g/mol. The van der Waals surface area contributed by atoms with Crippen LogP contribution in [0.3, 0.4) is 0 Å². The summed E-state index contributed by atoms with van der Waals surface area (Å²) in [6.07, 6.45) is -0.675. The zero-order valence-electron chi connectivity index (χ0n) is 10.3. The van der Waals surface area contributed by atoms with Gasteiger partial charge >= 0.3 is 12.1 Å². The molecule has 0 radical (unpaired) electrons. The van der Waals surface area contributed by atoms with Gasteiger partial charge in [-0.3, -0.25) is 0 Å². The Bertz CT molecular complexity index is 310. The minimum atomic E-state index is -1.15. The Morgan fingerprint density at radius 1 is 1.25 bits per heavy atom. The highest BCUT2D eigenvalue weighted by atomic mass is 16.6. The van der Waals surface area contributed by atoms with E-state index in [-0.39, 0.29) is 11.8 Å². The van der Waals surface area contributed by atoms with Crippen molar-refractivity contribution in [3.05, 3.63) is 0 Å². The van der Waals surface area contributed by atoms with Crippen molar-refractivity contribution in [1.82, 2.24) is 5.32 Å². The number of carboxylic acid groups (broad SMARTS) is 1. The van der Waals surface area contributed by atoms with E-state index in [1.807, 2.05) is 0 Å². The van der Waals surface area contributed by atoms with Crippen LogP contribution in [0.25, 0.3) is 0 Å². The van der Waals surface area contributed by atoms with Gasteiger partial charge in [0.05, 0.1) is 0 Å². The molecule has 0 aromatic heterocycles. The summed E-state index contributed by atoms with van der Waals surface area (Å²) in [7, 11) is 0. The predicted octanol–water partition coefficient (Wildman–Crippen LogP) is 1.62. The van der Waals surface area contributed by atoms with E-state index < -0.39 is 23.2 Å². The summed E-state index contributed by atoms with van der Waals surface area (Å²) in [6, 6.07) is 0. The summed E-state index contributed by atoms with van der Waals surface area (Å²) in [4.78, 5) is 22.6. The van der Waals surface area contributed by atoms with Gasteiger partial charge in [0.1, 0.15) is 11.1 Å². The Labute approximate surface area is 95.2 Å². The van der Waals surface area contributed by atoms with E-state index in [0.29, 0.717) is 0 Å². The van der Waals surface area contributed by atoms with Gasteiger partial charge in [0.25, 0.3) is 0 Å². The summed E-state index contributed by atoms with van der Waals surface area (Å²) >= 11 is 0. The number of alkyl carbamates (subject to hydrolysis) is 1. The van der Waals surface area contributed by atoms with Crippen LogP contribution >= 0.6 is 0 Å². The molecule has 0 bridgehead atoms. The minimum Gasteiger partial charge on any atom is -0.479 e. The number of amides is 1. The van der Waals surface area contributed by atoms with Crippen molar-refractivity contribution < 1.29 is 19.4 Å². The molecule has 0 aromatic rings. The maximum absolute atomic E-state index is 11.5. The third-order valence-electron chi connectivity index (χ3n) is 3.14. The number of rotatable bonds is 2. The number of hydrogen-bond acceptors (Lipinski definition) is 3. The molecule has 1 amide bonds. The average molecular weight is 229 g/mol. The van der Waals surface area contributed by atoms with Crippen molar-refractivity contribution in [2.75, 3.05) is 0 Å². The van der Waals surface area contributed by atoms with Crippen LogP contribution in [0.5, 0.6) is 0 Å². The van der Waals surface area contributed by atoms with Gasteiger partial charge in [-0.1, -0.05) is 13.8 Å². The molecule has 1 saturated carbocycles. The van der Waals surface area contributed by atoms with Crippen molar-refractivity contribution in [3.8, 4) is 0 Å².